The minimum absolute atomic E-state index is 0. The summed E-state index contributed by atoms with van der Waals surface area (Å²) in [5.74, 6) is 0. The summed E-state index contributed by atoms with van der Waals surface area (Å²) < 4.78 is 0. The summed E-state index contributed by atoms with van der Waals surface area (Å²) in [7, 11) is 0. The highest BCUT2D eigenvalue weighted by molar-refractivity contribution is 5.25. The molecule has 2 aromatic carbocycles. The van der Waals surface area contributed by atoms with Gasteiger partial charge in [0.05, 0.1) is 0 Å². The number of benzene rings is 2. The Hall–Kier alpha value is -1.56. The Morgan fingerprint density at radius 2 is 0.882 bits per heavy atom. The van der Waals surface area contributed by atoms with Gasteiger partial charge in [0.2, 0.25) is 0 Å². The van der Waals surface area contributed by atoms with Gasteiger partial charge < -0.3 is 0 Å². The molecule has 0 aromatic heterocycles. The molecule has 0 spiro atoms. The van der Waals surface area contributed by atoms with E-state index in [1.165, 1.54) is 22.3 Å². The quantitative estimate of drug-likeness (QED) is 0.710. The summed E-state index contributed by atoms with van der Waals surface area (Å²) in [6.07, 6.45) is 2.26. The first-order chi connectivity index (χ1) is 7.74. The second-order valence-electron chi connectivity index (χ2n) is 4.47. The highest BCUT2D eigenvalue weighted by atomic mass is 14.0. The number of hydrogen-bond donors (Lipinski definition) is 0. The maximum absolute atomic E-state index is 2.23. The van der Waals surface area contributed by atoms with Crippen LogP contribution < -0.4 is 0 Å². The fraction of sp³-hybridized carbons (Fsp3) is 0.294. The van der Waals surface area contributed by atoms with Gasteiger partial charge in [-0.15, -0.1) is 0 Å². The van der Waals surface area contributed by atoms with Crippen LogP contribution >= 0.6 is 0 Å². The van der Waals surface area contributed by atoms with E-state index in [0.717, 1.165) is 12.8 Å². The molecule has 0 fully saturated rings. The van der Waals surface area contributed by atoms with E-state index in [0.29, 0.717) is 0 Å². The minimum Gasteiger partial charge on any atom is -0.0776 e. The number of aryl methyl sites for hydroxylation is 4. The van der Waals surface area contributed by atoms with Crippen molar-refractivity contribution < 1.29 is 0 Å². The first-order valence-corrected chi connectivity index (χ1v) is 5.85. The van der Waals surface area contributed by atoms with Crippen molar-refractivity contribution in [3.63, 3.8) is 0 Å². The highest BCUT2D eigenvalue weighted by Gasteiger charge is 1.95. The highest BCUT2D eigenvalue weighted by Crippen LogP contribution is 2.09. The summed E-state index contributed by atoms with van der Waals surface area (Å²) in [4.78, 5) is 0. The van der Waals surface area contributed by atoms with Crippen LogP contribution in [-0.2, 0) is 12.8 Å². The van der Waals surface area contributed by atoms with Gasteiger partial charge in [0, 0.05) is 0 Å². The molecular formula is C17H22. The zero-order valence-electron chi connectivity index (χ0n) is 10.0. The summed E-state index contributed by atoms with van der Waals surface area (Å²) in [5, 5.41) is 0. The zero-order chi connectivity index (χ0) is 11.4. The number of rotatable bonds is 3. The van der Waals surface area contributed by atoms with Gasteiger partial charge in [0.15, 0.2) is 0 Å². The molecular weight excluding hydrogens is 204 g/mol. The lowest BCUT2D eigenvalue weighted by Gasteiger charge is -2.03. The van der Waals surface area contributed by atoms with Crippen molar-refractivity contribution in [2.24, 2.45) is 0 Å². The van der Waals surface area contributed by atoms with Crippen LogP contribution in [0.1, 0.15) is 29.7 Å². The Balaban J connectivity index is 0.00000144. The van der Waals surface area contributed by atoms with Crippen molar-refractivity contribution in [1.29, 1.82) is 0 Å². The summed E-state index contributed by atoms with van der Waals surface area (Å²) in [6.45, 7) is 4.26. The lowest BCUT2D eigenvalue weighted by atomic mass is 10.0. The van der Waals surface area contributed by atoms with Gasteiger partial charge in [-0.25, -0.2) is 0 Å². The molecule has 0 nitrogen and oxygen atoms in total. The molecule has 0 radical (unpaired) electrons. The Bertz CT molecular complexity index is 389. The van der Waals surface area contributed by atoms with Gasteiger partial charge >= 0.3 is 0 Å². The van der Waals surface area contributed by atoms with Gasteiger partial charge in [-0.1, -0.05) is 67.1 Å². The SMILES string of the molecule is C.Cc1ccc(CCc2ccc(C)cc2)cc1. The first-order valence-electron chi connectivity index (χ1n) is 5.85. The van der Waals surface area contributed by atoms with E-state index >= 15 is 0 Å². The molecule has 0 aliphatic carbocycles. The van der Waals surface area contributed by atoms with E-state index in [2.05, 4.69) is 62.4 Å². The smallest absolute Gasteiger partial charge is 0.0238 e. The largest absolute Gasteiger partial charge is 0.0776 e. The molecule has 90 valence electrons. The van der Waals surface area contributed by atoms with Gasteiger partial charge in [0.1, 0.15) is 0 Å². The van der Waals surface area contributed by atoms with Crippen LogP contribution in [0.15, 0.2) is 48.5 Å². The van der Waals surface area contributed by atoms with E-state index in [1.807, 2.05) is 0 Å². The normalized spacial score (nSPS) is 9.76. The van der Waals surface area contributed by atoms with Gasteiger partial charge in [-0.2, -0.15) is 0 Å². The molecule has 0 atom stereocenters. The van der Waals surface area contributed by atoms with Gasteiger partial charge in [0.25, 0.3) is 0 Å². The molecule has 0 amide bonds. The summed E-state index contributed by atoms with van der Waals surface area (Å²) in [6, 6.07) is 17.6. The first kappa shape index (κ1) is 13.5. The van der Waals surface area contributed by atoms with Crippen LogP contribution in [0, 0.1) is 13.8 Å². The van der Waals surface area contributed by atoms with Crippen LogP contribution in [0.25, 0.3) is 0 Å². The van der Waals surface area contributed by atoms with Gasteiger partial charge in [-0.3, -0.25) is 0 Å². The van der Waals surface area contributed by atoms with Crippen molar-refractivity contribution in [3.05, 3.63) is 70.8 Å². The lowest BCUT2D eigenvalue weighted by Crippen LogP contribution is -1.91. The molecule has 2 rings (SSSR count). The van der Waals surface area contributed by atoms with Crippen molar-refractivity contribution in [3.8, 4) is 0 Å². The zero-order valence-corrected chi connectivity index (χ0v) is 10.0. The third-order valence-electron chi connectivity index (χ3n) is 2.94. The molecule has 17 heavy (non-hydrogen) atoms. The summed E-state index contributed by atoms with van der Waals surface area (Å²) >= 11 is 0. The summed E-state index contributed by atoms with van der Waals surface area (Å²) in [5.41, 5.74) is 5.51. The fourth-order valence-electron chi connectivity index (χ4n) is 1.80. The second kappa shape index (κ2) is 6.24. The van der Waals surface area contributed by atoms with Crippen LogP contribution in [0.5, 0.6) is 0 Å². The minimum atomic E-state index is 0. The van der Waals surface area contributed by atoms with Crippen LogP contribution in [0.2, 0.25) is 0 Å². The van der Waals surface area contributed by atoms with Crippen molar-refractivity contribution in [2.75, 3.05) is 0 Å². The predicted molar refractivity (Wildman–Crippen MR) is 76.5 cm³/mol. The van der Waals surface area contributed by atoms with E-state index in [9.17, 15) is 0 Å². The third-order valence-corrected chi connectivity index (χ3v) is 2.94. The Labute approximate surface area is 105 Å². The molecule has 0 bridgehead atoms. The van der Waals surface area contributed by atoms with Crippen LogP contribution in [0.4, 0.5) is 0 Å². The van der Waals surface area contributed by atoms with Crippen molar-refractivity contribution in [2.45, 2.75) is 34.1 Å². The Morgan fingerprint density at radius 3 is 1.18 bits per heavy atom. The molecule has 0 saturated carbocycles. The van der Waals surface area contributed by atoms with Crippen LogP contribution in [-0.4, -0.2) is 0 Å². The maximum atomic E-state index is 2.23. The topological polar surface area (TPSA) is 0 Å². The average Bonchev–Trinajstić information content (AvgIpc) is 2.30. The molecule has 0 heterocycles. The average molecular weight is 226 g/mol. The maximum Gasteiger partial charge on any atom is -0.0238 e. The molecule has 0 heteroatoms. The fourth-order valence-corrected chi connectivity index (χ4v) is 1.80. The second-order valence-corrected chi connectivity index (χ2v) is 4.47. The monoisotopic (exact) mass is 226 g/mol. The lowest BCUT2D eigenvalue weighted by molar-refractivity contribution is 0.958. The van der Waals surface area contributed by atoms with E-state index in [4.69, 9.17) is 0 Å². The molecule has 0 saturated heterocycles. The van der Waals surface area contributed by atoms with Gasteiger partial charge in [-0.05, 0) is 37.8 Å². The van der Waals surface area contributed by atoms with E-state index in [1.54, 1.807) is 0 Å². The Morgan fingerprint density at radius 1 is 0.588 bits per heavy atom. The van der Waals surface area contributed by atoms with Crippen LogP contribution in [0.3, 0.4) is 0 Å². The van der Waals surface area contributed by atoms with E-state index < -0.39 is 0 Å². The third kappa shape index (κ3) is 4.07. The number of hydrogen-bond acceptors (Lipinski definition) is 0. The standard InChI is InChI=1S/C16H18.CH4/c1-13-3-7-15(8-4-13)11-12-16-9-5-14(2)6-10-16;/h3-10H,11-12H2,1-2H3;1H4. The molecule has 0 N–H and O–H groups in total. The molecule has 0 aliphatic rings. The van der Waals surface area contributed by atoms with Crippen molar-refractivity contribution in [1.82, 2.24) is 0 Å². The molecule has 2 aromatic rings. The molecule has 0 unspecified atom stereocenters. The predicted octanol–water partition coefficient (Wildman–Crippen LogP) is 4.72. The van der Waals surface area contributed by atoms with E-state index in [-0.39, 0.29) is 7.43 Å². The Kier molecular flexibility index (Phi) is 4.96. The molecule has 0 aliphatic heterocycles. The van der Waals surface area contributed by atoms with Crippen molar-refractivity contribution >= 4 is 0 Å².